The minimum absolute atomic E-state index is 0.0130. The maximum absolute atomic E-state index is 14.0. The monoisotopic (exact) mass is 460 g/mol. The molecule has 2 aromatic rings. The van der Waals surface area contributed by atoms with E-state index in [1.54, 1.807) is 14.1 Å². The molecule has 0 atom stereocenters. The number of ether oxygens (including phenoxy) is 1. The highest BCUT2D eigenvalue weighted by Crippen LogP contribution is 2.30. The molecule has 32 heavy (non-hydrogen) atoms. The number of hydrogen-bond acceptors (Lipinski definition) is 7. The number of halogens is 2. The number of benzene rings is 1. The molecular formula is C22H26ClFN6O2. The summed E-state index contributed by atoms with van der Waals surface area (Å²) in [5.74, 6) is 0.257. The summed E-state index contributed by atoms with van der Waals surface area (Å²) in [6.07, 6.45) is 1.06. The molecule has 1 aliphatic heterocycles. The van der Waals surface area contributed by atoms with Crippen LogP contribution < -0.4 is 15.0 Å². The molecule has 2 heterocycles. The first-order chi connectivity index (χ1) is 15.2. The van der Waals surface area contributed by atoms with Gasteiger partial charge in [0.25, 0.3) is 5.91 Å². The first kappa shape index (κ1) is 23.5. The summed E-state index contributed by atoms with van der Waals surface area (Å²) in [6, 6.07) is 6.27. The van der Waals surface area contributed by atoms with Gasteiger partial charge < -0.3 is 19.9 Å². The molecule has 0 spiro atoms. The molecule has 1 aromatic heterocycles. The number of amides is 1. The van der Waals surface area contributed by atoms with E-state index in [1.807, 2.05) is 24.8 Å². The molecule has 0 aliphatic carbocycles. The van der Waals surface area contributed by atoms with Crippen molar-refractivity contribution in [3.8, 4) is 11.8 Å². The second-order valence-corrected chi connectivity index (χ2v) is 8.52. The van der Waals surface area contributed by atoms with Crippen molar-refractivity contribution < 1.29 is 13.9 Å². The van der Waals surface area contributed by atoms with Crippen LogP contribution in [0.5, 0.6) is 5.75 Å². The summed E-state index contributed by atoms with van der Waals surface area (Å²) in [5, 5.41) is 13.2. The summed E-state index contributed by atoms with van der Waals surface area (Å²) in [5.41, 5.74) is -0.00794. The van der Waals surface area contributed by atoms with Crippen LogP contribution in [0.25, 0.3) is 0 Å². The fourth-order valence-electron chi connectivity index (χ4n) is 3.39. The van der Waals surface area contributed by atoms with Crippen LogP contribution in [0.3, 0.4) is 0 Å². The van der Waals surface area contributed by atoms with E-state index in [4.69, 9.17) is 16.3 Å². The van der Waals surface area contributed by atoms with E-state index in [9.17, 15) is 14.4 Å². The van der Waals surface area contributed by atoms with Crippen LogP contribution in [0.4, 0.5) is 16.0 Å². The number of rotatable bonds is 6. The van der Waals surface area contributed by atoms with Crippen LogP contribution in [0.2, 0.25) is 5.02 Å². The Morgan fingerprint density at radius 3 is 2.62 bits per heavy atom. The van der Waals surface area contributed by atoms with Gasteiger partial charge in [0.2, 0.25) is 0 Å². The van der Waals surface area contributed by atoms with Crippen LogP contribution in [0, 0.1) is 17.1 Å². The van der Waals surface area contributed by atoms with E-state index >= 15 is 0 Å². The van der Waals surface area contributed by atoms with E-state index < -0.39 is 5.82 Å². The smallest absolute Gasteiger partial charge is 0.275 e. The number of hydrogen-bond donors (Lipinski definition) is 1. The summed E-state index contributed by atoms with van der Waals surface area (Å²) in [6.45, 7) is 5.05. The molecule has 170 valence electrons. The molecule has 1 N–H and O–H groups in total. The minimum Gasteiger partial charge on any atom is -0.487 e. The lowest BCUT2D eigenvalue weighted by atomic mass is 10.1. The highest BCUT2D eigenvalue weighted by Gasteiger charge is 2.28. The fraction of sp³-hybridized carbons (Fsp3) is 0.455. The normalized spacial score (nSPS) is 14.2. The maximum atomic E-state index is 14.0. The molecule has 1 fully saturated rings. The van der Waals surface area contributed by atoms with Gasteiger partial charge in [0.15, 0.2) is 34.6 Å². The number of aromatic nitrogens is 2. The van der Waals surface area contributed by atoms with Gasteiger partial charge in [0.05, 0.1) is 0 Å². The minimum atomic E-state index is -0.453. The molecular weight excluding hydrogens is 435 g/mol. The van der Waals surface area contributed by atoms with E-state index in [-0.39, 0.29) is 35.2 Å². The van der Waals surface area contributed by atoms with Crippen molar-refractivity contribution >= 4 is 29.1 Å². The number of nitrogens with one attached hydrogen (secondary N) is 1. The first-order valence-corrected chi connectivity index (χ1v) is 10.7. The van der Waals surface area contributed by atoms with Crippen molar-refractivity contribution in [1.29, 1.82) is 5.26 Å². The van der Waals surface area contributed by atoms with E-state index in [1.165, 1.54) is 23.1 Å². The second kappa shape index (κ2) is 10.0. The molecule has 1 aliphatic rings. The van der Waals surface area contributed by atoms with Crippen molar-refractivity contribution in [3.63, 3.8) is 0 Å². The Morgan fingerprint density at radius 1 is 1.34 bits per heavy atom. The number of carbonyl (C=O) groups is 1. The molecule has 1 saturated heterocycles. The first-order valence-electron chi connectivity index (χ1n) is 10.4. The lowest BCUT2D eigenvalue weighted by molar-refractivity contribution is 0.0821. The quantitative estimate of drug-likeness (QED) is 0.702. The molecule has 0 bridgehead atoms. The average molecular weight is 461 g/mol. The number of nitriles is 1. The SMILES string of the molecule is CC(C)Nc1nc(C(=O)N(C)C)c(C#N)nc1N1CCC(Oc2cc(Cl)ccc2F)CC1. The van der Waals surface area contributed by atoms with Crippen LogP contribution in [-0.2, 0) is 0 Å². The number of nitrogens with zero attached hydrogens (tertiary/aromatic N) is 5. The predicted molar refractivity (Wildman–Crippen MR) is 121 cm³/mol. The Kier molecular flexibility index (Phi) is 7.36. The van der Waals surface area contributed by atoms with Gasteiger partial charge in [-0.3, -0.25) is 4.79 Å². The molecule has 8 nitrogen and oxygen atoms in total. The van der Waals surface area contributed by atoms with Crippen LogP contribution >= 0.6 is 11.6 Å². The van der Waals surface area contributed by atoms with Gasteiger partial charge in [-0.05, 0) is 26.0 Å². The molecule has 3 rings (SSSR count). The zero-order valence-electron chi connectivity index (χ0n) is 18.5. The fourth-order valence-corrected chi connectivity index (χ4v) is 3.55. The van der Waals surface area contributed by atoms with E-state index in [0.29, 0.717) is 42.6 Å². The van der Waals surface area contributed by atoms with Crippen LogP contribution in [-0.4, -0.2) is 60.1 Å². The van der Waals surface area contributed by atoms with E-state index in [0.717, 1.165) is 0 Å². The third-order valence-corrected chi connectivity index (χ3v) is 5.18. The van der Waals surface area contributed by atoms with Crippen molar-refractivity contribution in [3.05, 3.63) is 40.4 Å². The van der Waals surface area contributed by atoms with Crippen molar-refractivity contribution in [2.24, 2.45) is 0 Å². The van der Waals surface area contributed by atoms with Gasteiger partial charge in [0.1, 0.15) is 12.2 Å². The number of anilines is 2. The lowest BCUT2D eigenvalue weighted by Crippen LogP contribution is -2.40. The number of piperidine rings is 1. The average Bonchev–Trinajstić information content (AvgIpc) is 2.75. The van der Waals surface area contributed by atoms with Gasteiger partial charge in [-0.15, -0.1) is 0 Å². The third kappa shape index (κ3) is 5.37. The molecule has 0 saturated carbocycles. The Balaban J connectivity index is 1.82. The van der Waals surface area contributed by atoms with Crippen molar-refractivity contribution in [2.45, 2.75) is 38.8 Å². The second-order valence-electron chi connectivity index (χ2n) is 8.08. The predicted octanol–water partition coefficient (Wildman–Crippen LogP) is 3.71. The highest BCUT2D eigenvalue weighted by molar-refractivity contribution is 6.30. The largest absolute Gasteiger partial charge is 0.487 e. The van der Waals surface area contributed by atoms with Gasteiger partial charge in [-0.1, -0.05) is 11.6 Å². The standard InChI is InChI=1S/C22H26ClFN6O2/c1-13(2)26-20-21(27-17(12-25)19(28-20)22(31)29(3)4)30-9-7-15(8-10-30)32-18-11-14(23)5-6-16(18)24/h5-6,11,13,15H,7-10H2,1-4H3,(H,26,28). The molecule has 0 radical (unpaired) electrons. The van der Waals surface area contributed by atoms with Gasteiger partial charge in [-0.2, -0.15) is 5.26 Å². The maximum Gasteiger partial charge on any atom is 0.275 e. The van der Waals surface area contributed by atoms with Gasteiger partial charge in [0, 0.05) is 57.2 Å². The molecule has 10 heteroatoms. The Hall–Kier alpha value is -3.12. The zero-order valence-corrected chi connectivity index (χ0v) is 19.3. The van der Waals surface area contributed by atoms with Crippen molar-refractivity contribution in [2.75, 3.05) is 37.4 Å². The Labute approximate surface area is 192 Å². The third-order valence-electron chi connectivity index (χ3n) is 4.95. The zero-order chi connectivity index (χ0) is 23.4. The summed E-state index contributed by atoms with van der Waals surface area (Å²) < 4.78 is 19.8. The topological polar surface area (TPSA) is 94.4 Å². The molecule has 1 aromatic carbocycles. The van der Waals surface area contributed by atoms with Gasteiger partial charge >= 0.3 is 0 Å². The van der Waals surface area contributed by atoms with Crippen LogP contribution in [0.1, 0.15) is 42.9 Å². The molecule has 1 amide bonds. The summed E-state index contributed by atoms with van der Waals surface area (Å²) in [4.78, 5) is 24.8. The Bertz CT molecular complexity index is 1030. The highest BCUT2D eigenvalue weighted by atomic mass is 35.5. The lowest BCUT2D eigenvalue weighted by Gasteiger charge is -2.34. The van der Waals surface area contributed by atoms with Crippen LogP contribution in [0.15, 0.2) is 18.2 Å². The molecule has 0 unspecified atom stereocenters. The van der Waals surface area contributed by atoms with Crippen molar-refractivity contribution in [1.82, 2.24) is 14.9 Å². The van der Waals surface area contributed by atoms with E-state index in [2.05, 4.69) is 15.3 Å². The Morgan fingerprint density at radius 2 is 2.03 bits per heavy atom. The summed E-state index contributed by atoms with van der Waals surface area (Å²) in [7, 11) is 3.20. The number of carbonyl (C=O) groups excluding carboxylic acids is 1. The summed E-state index contributed by atoms with van der Waals surface area (Å²) >= 11 is 5.95. The van der Waals surface area contributed by atoms with Gasteiger partial charge in [-0.25, -0.2) is 14.4 Å².